The normalized spacial score (nSPS) is 16.6. The first-order valence-corrected chi connectivity index (χ1v) is 9.84. The molecule has 1 aliphatic heterocycles. The second-order valence-corrected chi connectivity index (χ2v) is 7.51. The third-order valence-electron chi connectivity index (χ3n) is 5.75. The monoisotopic (exact) mass is 366 g/mol. The molecule has 4 rings (SSSR count). The summed E-state index contributed by atoms with van der Waals surface area (Å²) in [5.74, 6) is 0.717. The summed E-state index contributed by atoms with van der Waals surface area (Å²) in [6, 6.07) is 9.84. The molecule has 142 valence electrons. The lowest BCUT2D eigenvalue weighted by Gasteiger charge is -2.39. The second kappa shape index (κ2) is 7.22. The topological polar surface area (TPSA) is 51.5 Å². The minimum Gasteiger partial charge on any atom is -0.486 e. The number of pyridine rings is 1. The molecule has 1 fully saturated rings. The summed E-state index contributed by atoms with van der Waals surface area (Å²) in [6.45, 7) is 3.15. The van der Waals surface area contributed by atoms with Crippen molar-refractivity contribution in [2.24, 2.45) is 7.05 Å². The van der Waals surface area contributed by atoms with E-state index in [1.165, 1.54) is 5.56 Å². The van der Waals surface area contributed by atoms with Gasteiger partial charge in [0, 0.05) is 12.7 Å². The average molecular weight is 366 g/mol. The number of likely N-dealkylation sites (tertiary alicyclic amines) is 1. The maximum Gasteiger partial charge on any atom is 0.263 e. The van der Waals surface area contributed by atoms with Crippen LogP contribution in [0, 0.1) is 0 Å². The van der Waals surface area contributed by atoms with Gasteiger partial charge in [0.1, 0.15) is 17.4 Å². The number of benzene rings is 1. The summed E-state index contributed by atoms with van der Waals surface area (Å²) in [4.78, 5) is 27.2. The van der Waals surface area contributed by atoms with Crippen LogP contribution in [0.3, 0.4) is 0 Å². The predicted octanol–water partition coefficient (Wildman–Crippen LogP) is 2.73. The van der Waals surface area contributed by atoms with E-state index in [4.69, 9.17) is 4.74 Å². The van der Waals surface area contributed by atoms with Crippen LogP contribution in [0.4, 0.5) is 0 Å². The van der Waals surface area contributed by atoms with Crippen LogP contribution in [0.25, 0.3) is 0 Å². The van der Waals surface area contributed by atoms with Gasteiger partial charge in [0.15, 0.2) is 0 Å². The number of nitrogens with zero attached hydrogens (tertiary/aromatic N) is 2. The van der Waals surface area contributed by atoms with Crippen molar-refractivity contribution in [3.8, 4) is 5.75 Å². The maximum absolute atomic E-state index is 12.9. The molecule has 0 saturated carbocycles. The molecule has 1 aromatic carbocycles. The Morgan fingerprint density at radius 3 is 2.70 bits per heavy atom. The Labute approximate surface area is 159 Å². The average Bonchev–Trinajstić information content (AvgIpc) is 2.67. The van der Waals surface area contributed by atoms with Crippen LogP contribution in [0.15, 0.2) is 35.1 Å². The summed E-state index contributed by atoms with van der Waals surface area (Å²) < 4.78 is 7.73. The Balaban J connectivity index is 1.46. The first kappa shape index (κ1) is 17.8. The van der Waals surface area contributed by atoms with Crippen molar-refractivity contribution >= 4 is 5.91 Å². The van der Waals surface area contributed by atoms with Gasteiger partial charge in [0.05, 0.1) is 13.1 Å². The van der Waals surface area contributed by atoms with Crippen LogP contribution in [-0.4, -0.2) is 34.6 Å². The van der Waals surface area contributed by atoms with Crippen molar-refractivity contribution in [3.63, 3.8) is 0 Å². The lowest BCUT2D eigenvalue weighted by Crippen LogP contribution is -2.57. The van der Waals surface area contributed by atoms with Gasteiger partial charge in [-0.2, -0.15) is 0 Å². The van der Waals surface area contributed by atoms with Crippen molar-refractivity contribution in [1.29, 1.82) is 0 Å². The molecule has 5 nitrogen and oxygen atoms in total. The molecule has 1 aromatic heterocycles. The highest BCUT2D eigenvalue weighted by atomic mass is 16.5. The Morgan fingerprint density at radius 2 is 1.93 bits per heavy atom. The fourth-order valence-corrected chi connectivity index (χ4v) is 4.08. The molecule has 0 spiro atoms. The zero-order chi connectivity index (χ0) is 19.0. The third kappa shape index (κ3) is 3.27. The van der Waals surface area contributed by atoms with E-state index in [-0.39, 0.29) is 17.6 Å². The zero-order valence-corrected chi connectivity index (χ0v) is 16.0. The van der Waals surface area contributed by atoms with Crippen LogP contribution in [-0.2, 0) is 26.3 Å². The van der Waals surface area contributed by atoms with Gasteiger partial charge in [-0.1, -0.05) is 25.1 Å². The van der Waals surface area contributed by atoms with E-state index in [9.17, 15) is 9.59 Å². The van der Waals surface area contributed by atoms with Crippen molar-refractivity contribution in [3.05, 3.63) is 63.1 Å². The Bertz CT molecular complexity index is 926. The molecule has 0 atom stereocenters. The quantitative estimate of drug-likeness (QED) is 0.836. The lowest BCUT2D eigenvalue weighted by molar-refractivity contribution is 0.0172. The van der Waals surface area contributed by atoms with Gasteiger partial charge >= 0.3 is 0 Å². The number of aryl methyl sites for hydroxylation is 2. The molecule has 2 aliphatic rings. The molecular formula is C22H26N2O3. The van der Waals surface area contributed by atoms with E-state index in [0.29, 0.717) is 18.7 Å². The van der Waals surface area contributed by atoms with Gasteiger partial charge in [-0.25, -0.2) is 0 Å². The molecule has 0 N–H and O–H groups in total. The van der Waals surface area contributed by atoms with Gasteiger partial charge < -0.3 is 14.2 Å². The van der Waals surface area contributed by atoms with Crippen LogP contribution < -0.4 is 10.3 Å². The molecule has 2 heterocycles. The Morgan fingerprint density at radius 1 is 1.19 bits per heavy atom. The molecule has 5 heteroatoms. The number of fused-ring (bicyclic) bond motifs is 1. The number of hydrogen-bond acceptors (Lipinski definition) is 3. The summed E-state index contributed by atoms with van der Waals surface area (Å²) in [5, 5.41) is 0. The number of para-hydroxylation sites is 1. The molecule has 2 aromatic rings. The number of carbonyl (C=O) groups is 1. The van der Waals surface area contributed by atoms with Crippen LogP contribution in [0.5, 0.6) is 5.75 Å². The number of hydrogen-bond donors (Lipinski definition) is 0. The van der Waals surface area contributed by atoms with Gasteiger partial charge in [0.25, 0.3) is 11.5 Å². The number of carbonyl (C=O) groups excluding carboxylic acids is 1. The fourth-order valence-electron chi connectivity index (χ4n) is 4.08. The van der Waals surface area contributed by atoms with Crippen molar-refractivity contribution < 1.29 is 9.53 Å². The maximum atomic E-state index is 12.9. The first-order chi connectivity index (χ1) is 13.1. The fraction of sp³-hybridized carbons (Fsp3) is 0.455. The van der Waals surface area contributed by atoms with Crippen LogP contribution in [0.2, 0.25) is 0 Å². The standard InChI is InChI=1S/C22H26N2O3/c1-3-15-8-5-7-11-20(15)27-17-13-24(14-17)22(26)18-12-16-9-4-6-10-19(16)23(2)21(18)25/h5,7-8,11-12,17H,3-4,6,9-10,13-14H2,1-2H3. The molecule has 0 radical (unpaired) electrons. The largest absolute Gasteiger partial charge is 0.486 e. The Hall–Kier alpha value is -2.56. The summed E-state index contributed by atoms with van der Waals surface area (Å²) >= 11 is 0. The molecule has 27 heavy (non-hydrogen) atoms. The van der Waals surface area contributed by atoms with Gasteiger partial charge in [-0.15, -0.1) is 0 Å². The van der Waals surface area contributed by atoms with E-state index < -0.39 is 0 Å². The van der Waals surface area contributed by atoms with Crippen molar-refractivity contribution in [2.75, 3.05) is 13.1 Å². The molecule has 1 saturated heterocycles. The van der Waals surface area contributed by atoms with Gasteiger partial charge in [-0.3, -0.25) is 9.59 Å². The molecule has 1 amide bonds. The van der Waals surface area contributed by atoms with E-state index in [1.54, 1.807) is 16.5 Å². The Kier molecular flexibility index (Phi) is 4.77. The number of rotatable bonds is 4. The molecule has 0 bridgehead atoms. The summed E-state index contributed by atoms with van der Waals surface area (Å²) in [7, 11) is 1.78. The van der Waals surface area contributed by atoms with E-state index >= 15 is 0 Å². The predicted molar refractivity (Wildman–Crippen MR) is 104 cm³/mol. The number of aromatic nitrogens is 1. The minimum atomic E-state index is -0.179. The number of ether oxygens (including phenoxy) is 1. The first-order valence-electron chi connectivity index (χ1n) is 9.84. The summed E-state index contributed by atoms with van der Waals surface area (Å²) in [6.07, 6.45) is 5.00. The molecule has 0 unspecified atom stereocenters. The smallest absolute Gasteiger partial charge is 0.263 e. The highest BCUT2D eigenvalue weighted by Gasteiger charge is 2.34. The molecular weight excluding hydrogens is 340 g/mol. The minimum absolute atomic E-state index is 0.0110. The zero-order valence-electron chi connectivity index (χ0n) is 16.0. The number of amides is 1. The molecule has 1 aliphatic carbocycles. The van der Waals surface area contributed by atoms with Crippen LogP contribution >= 0.6 is 0 Å². The van der Waals surface area contributed by atoms with E-state index in [2.05, 4.69) is 13.0 Å². The SMILES string of the molecule is CCc1ccccc1OC1CN(C(=O)c2cc3c(n(C)c2=O)CCCC3)C1. The summed E-state index contributed by atoms with van der Waals surface area (Å²) in [5.41, 5.74) is 3.53. The van der Waals surface area contributed by atoms with Crippen molar-refractivity contribution in [2.45, 2.75) is 45.1 Å². The van der Waals surface area contributed by atoms with E-state index in [1.807, 2.05) is 24.3 Å². The highest BCUT2D eigenvalue weighted by molar-refractivity contribution is 5.94. The van der Waals surface area contributed by atoms with Gasteiger partial charge in [-0.05, 0) is 55.4 Å². The second-order valence-electron chi connectivity index (χ2n) is 7.51. The van der Waals surface area contributed by atoms with Gasteiger partial charge in [0.2, 0.25) is 0 Å². The lowest BCUT2D eigenvalue weighted by atomic mass is 9.94. The highest BCUT2D eigenvalue weighted by Crippen LogP contribution is 2.25. The third-order valence-corrected chi connectivity index (χ3v) is 5.75. The van der Waals surface area contributed by atoms with Crippen LogP contribution in [0.1, 0.15) is 46.9 Å². The van der Waals surface area contributed by atoms with E-state index in [0.717, 1.165) is 49.1 Å². The van der Waals surface area contributed by atoms with Crippen molar-refractivity contribution in [1.82, 2.24) is 9.47 Å².